The molecule has 0 N–H and O–H groups in total. The Balaban J connectivity index is 1.35. The van der Waals surface area contributed by atoms with Gasteiger partial charge in [0.15, 0.2) is 0 Å². The SMILES string of the molecule is Cn1cc(-c2cc3nccn3c(-c3ccn(C4(CC#N)CN(S(=O)(=O)C5CCC5)C4)c3)n2)cn1. The van der Waals surface area contributed by atoms with Crippen LogP contribution in [0.15, 0.2) is 49.3 Å². The molecule has 2 aliphatic rings. The van der Waals surface area contributed by atoms with E-state index >= 15 is 0 Å². The first kappa shape index (κ1) is 21.1. The van der Waals surface area contributed by atoms with E-state index in [0.29, 0.717) is 13.1 Å². The second kappa shape index (κ2) is 7.51. The maximum atomic E-state index is 12.8. The number of nitriles is 1. The summed E-state index contributed by atoms with van der Waals surface area (Å²) in [6.07, 6.45) is 13.8. The van der Waals surface area contributed by atoms with Crippen molar-refractivity contribution in [3.8, 4) is 28.7 Å². The third-order valence-electron chi connectivity index (χ3n) is 7.07. The molecular formula is C23H24N8O2S. The third kappa shape index (κ3) is 3.17. The summed E-state index contributed by atoms with van der Waals surface area (Å²) >= 11 is 0. The lowest BCUT2D eigenvalue weighted by molar-refractivity contribution is 0.0828. The van der Waals surface area contributed by atoms with Crippen LogP contribution in [-0.4, -0.2) is 59.8 Å². The highest BCUT2D eigenvalue weighted by Gasteiger charge is 2.51. The molecular weight excluding hydrogens is 452 g/mol. The van der Waals surface area contributed by atoms with E-state index in [0.717, 1.165) is 47.6 Å². The first-order valence-corrected chi connectivity index (χ1v) is 12.8. The normalized spacial score (nSPS) is 18.5. The van der Waals surface area contributed by atoms with E-state index in [9.17, 15) is 13.7 Å². The van der Waals surface area contributed by atoms with E-state index < -0.39 is 15.6 Å². The predicted octanol–water partition coefficient (Wildman–Crippen LogP) is 2.41. The van der Waals surface area contributed by atoms with E-state index in [1.54, 1.807) is 21.4 Å². The van der Waals surface area contributed by atoms with Crippen LogP contribution in [0.2, 0.25) is 0 Å². The Kier molecular flexibility index (Phi) is 4.65. The number of aromatic nitrogens is 6. The number of imidazole rings is 1. The highest BCUT2D eigenvalue weighted by Crippen LogP contribution is 2.40. The molecule has 2 fully saturated rings. The van der Waals surface area contributed by atoms with Crippen LogP contribution < -0.4 is 0 Å². The topological polar surface area (TPSA) is 114 Å². The van der Waals surface area contributed by atoms with Gasteiger partial charge < -0.3 is 4.57 Å². The monoisotopic (exact) mass is 476 g/mol. The van der Waals surface area contributed by atoms with Crippen molar-refractivity contribution in [3.63, 3.8) is 0 Å². The van der Waals surface area contributed by atoms with Crippen molar-refractivity contribution in [1.29, 1.82) is 5.26 Å². The van der Waals surface area contributed by atoms with Gasteiger partial charge in [-0.25, -0.2) is 18.4 Å². The smallest absolute Gasteiger partial charge is 0.217 e. The minimum atomic E-state index is -3.29. The Morgan fingerprint density at radius 2 is 2.03 bits per heavy atom. The fourth-order valence-corrected chi connectivity index (χ4v) is 7.03. The van der Waals surface area contributed by atoms with Crippen LogP contribution in [-0.2, 0) is 22.6 Å². The number of fused-ring (bicyclic) bond motifs is 1. The molecule has 174 valence electrons. The van der Waals surface area contributed by atoms with Crippen LogP contribution in [0.1, 0.15) is 25.7 Å². The van der Waals surface area contributed by atoms with Crippen molar-refractivity contribution in [2.45, 2.75) is 36.5 Å². The van der Waals surface area contributed by atoms with Crippen LogP contribution in [0.25, 0.3) is 28.3 Å². The number of aryl methyl sites for hydroxylation is 1. The standard InChI is InChI=1S/C23H24N8O2S/c1-28-13-18(12-26-28)20-11-21-25-8-10-31(21)22(27-20)17-5-9-29(14-17)23(6-7-24)15-30(16-23)34(32,33)19-3-2-4-19/h5,8-14,19H,2-4,6,15-16H2,1H3. The molecule has 0 amide bonds. The average Bonchev–Trinajstić information content (AvgIpc) is 3.48. The van der Waals surface area contributed by atoms with E-state index in [-0.39, 0.29) is 11.7 Å². The zero-order valence-corrected chi connectivity index (χ0v) is 19.6. The number of hydrogen-bond donors (Lipinski definition) is 0. The van der Waals surface area contributed by atoms with Gasteiger partial charge in [-0.15, -0.1) is 0 Å². The van der Waals surface area contributed by atoms with E-state index in [4.69, 9.17) is 4.98 Å². The van der Waals surface area contributed by atoms with Crippen molar-refractivity contribution >= 4 is 15.7 Å². The molecule has 1 aliphatic heterocycles. The lowest BCUT2D eigenvalue weighted by Crippen LogP contribution is -2.65. The molecule has 1 aliphatic carbocycles. The van der Waals surface area contributed by atoms with Crippen molar-refractivity contribution in [2.24, 2.45) is 7.05 Å². The maximum Gasteiger partial charge on any atom is 0.217 e. The highest BCUT2D eigenvalue weighted by molar-refractivity contribution is 7.89. The van der Waals surface area contributed by atoms with Gasteiger partial charge in [0.25, 0.3) is 0 Å². The average molecular weight is 477 g/mol. The quantitative estimate of drug-likeness (QED) is 0.422. The molecule has 6 rings (SSSR count). The van der Waals surface area contributed by atoms with Gasteiger partial charge in [0, 0.05) is 68.3 Å². The Bertz CT molecular complexity index is 1530. The first-order chi connectivity index (χ1) is 16.4. The van der Waals surface area contributed by atoms with Gasteiger partial charge in [-0.05, 0) is 18.9 Å². The second-order valence-corrected chi connectivity index (χ2v) is 11.5. The summed E-state index contributed by atoms with van der Waals surface area (Å²) in [5, 5.41) is 13.5. The largest absolute Gasteiger partial charge is 0.344 e. The number of nitrogens with zero attached hydrogens (tertiary/aromatic N) is 8. The molecule has 4 aromatic heterocycles. The van der Waals surface area contributed by atoms with Crippen molar-refractivity contribution in [1.82, 2.24) is 33.0 Å². The maximum absolute atomic E-state index is 12.8. The molecule has 1 saturated heterocycles. The molecule has 0 unspecified atom stereocenters. The summed E-state index contributed by atoms with van der Waals surface area (Å²) in [5.74, 6) is 0.720. The molecule has 10 nitrogen and oxygen atoms in total. The summed E-state index contributed by atoms with van der Waals surface area (Å²) < 4.78 is 32.9. The Hall–Kier alpha value is -3.49. The fourth-order valence-electron chi connectivity index (χ4n) is 4.84. The van der Waals surface area contributed by atoms with Crippen molar-refractivity contribution < 1.29 is 8.42 Å². The van der Waals surface area contributed by atoms with Crippen LogP contribution in [0.5, 0.6) is 0 Å². The minimum Gasteiger partial charge on any atom is -0.344 e. The van der Waals surface area contributed by atoms with Gasteiger partial charge in [0.1, 0.15) is 11.5 Å². The zero-order valence-electron chi connectivity index (χ0n) is 18.7. The van der Waals surface area contributed by atoms with E-state index in [1.165, 1.54) is 0 Å². The van der Waals surface area contributed by atoms with E-state index in [1.807, 2.05) is 52.9 Å². The van der Waals surface area contributed by atoms with E-state index in [2.05, 4.69) is 16.2 Å². The summed E-state index contributed by atoms with van der Waals surface area (Å²) in [4.78, 5) is 9.34. The van der Waals surface area contributed by atoms with Crippen LogP contribution in [0.3, 0.4) is 0 Å². The molecule has 5 heterocycles. The number of hydrogen-bond acceptors (Lipinski definition) is 6. The fraction of sp³-hybridized carbons (Fsp3) is 0.391. The summed E-state index contributed by atoms with van der Waals surface area (Å²) in [5.41, 5.74) is 2.73. The molecule has 0 bridgehead atoms. The van der Waals surface area contributed by atoms with Gasteiger partial charge in [-0.2, -0.15) is 14.7 Å². The Morgan fingerprint density at radius 1 is 1.21 bits per heavy atom. The first-order valence-electron chi connectivity index (χ1n) is 11.3. The van der Waals surface area contributed by atoms with Gasteiger partial charge in [-0.1, -0.05) is 6.42 Å². The minimum absolute atomic E-state index is 0.238. The second-order valence-electron chi connectivity index (χ2n) is 9.26. The lowest BCUT2D eigenvalue weighted by atomic mass is 9.89. The van der Waals surface area contributed by atoms with Gasteiger partial charge in [0.05, 0.1) is 35.2 Å². The van der Waals surface area contributed by atoms with Crippen molar-refractivity contribution in [2.75, 3.05) is 13.1 Å². The van der Waals surface area contributed by atoms with Crippen molar-refractivity contribution in [3.05, 3.63) is 49.3 Å². The number of sulfonamides is 1. The highest BCUT2D eigenvalue weighted by atomic mass is 32.2. The molecule has 0 atom stereocenters. The molecule has 0 spiro atoms. The molecule has 0 radical (unpaired) electrons. The summed E-state index contributed by atoms with van der Waals surface area (Å²) in [6, 6.07) is 6.14. The zero-order chi connectivity index (χ0) is 23.5. The third-order valence-corrected chi connectivity index (χ3v) is 9.36. The predicted molar refractivity (Wildman–Crippen MR) is 125 cm³/mol. The van der Waals surface area contributed by atoms with Crippen LogP contribution in [0.4, 0.5) is 0 Å². The molecule has 11 heteroatoms. The molecule has 0 aromatic carbocycles. The summed E-state index contributed by atoms with van der Waals surface area (Å²) in [6.45, 7) is 0.633. The summed E-state index contributed by atoms with van der Waals surface area (Å²) in [7, 11) is -1.42. The van der Waals surface area contributed by atoms with Crippen LogP contribution in [0, 0.1) is 11.3 Å². The van der Waals surface area contributed by atoms with Gasteiger partial charge in [0.2, 0.25) is 10.0 Å². The Labute approximate surface area is 197 Å². The Morgan fingerprint density at radius 3 is 2.71 bits per heavy atom. The lowest BCUT2D eigenvalue weighted by Gasteiger charge is -2.50. The molecule has 1 saturated carbocycles. The molecule has 34 heavy (non-hydrogen) atoms. The molecule has 4 aromatic rings. The van der Waals surface area contributed by atoms with Gasteiger partial charge >= 0.3 is 0 Å². The number of rotatable bonds is 6. The van der Waals surface area contributed by atoms with Gasteiger partial charge in [-0.3, -0.25) is 9.08 Å². The van der Waals surface area contributed by atoms with Crippen LogP contribution >= 0.6 is 0 Å².